The number of anilines is 3. The Morgan fingerprint density at radius 2 is 1.86 bits per heavy atom. The van der Waals surface area contributed by atoms with Crippen LogP contribution in [-0.4, -0.2) is 27.7 Å². The molecule has 0 radical (unpaired) electrons. The van der Waals surface area contributed by atoms with Crippen molar-refractivity contribution in [2.24, 2.45) is 0 Å². The fourth-order valence-corrected chi connectivity index (χ4v) is 3.01. The quantitative estimate of drug-likeness (QED) is 0.927. The number of nitrogens with zero attached hydrogens (tertiary/aromatic N) is 2. The SMILES string of the molecule is CN(C)c1ccc(CNc2ccc3c(c2)CCCN3C)cc1. The summed E-state index contributed by atoms with van der Waals surface area (Å²) in [5.41, 5.74) is 6.60. The highest BCUT2D eigenvalue weighted by atomic mass is 15.1. The zero-order chi connectivity index (χ0) is 15.5. The van der Waals surface area contributed by atoms with Crippen molar-refractivity contribution in [3.05, 3.63) is 53.6 Å². The maximum absolute atomic E-state index is 3.54. The molecule has 0 spiro atoms. The Balaban J connectivity index is 1.66. The summed E-state index contributed by atoms with van der Waals surface area (Å²) >= 11 is 0. The topological polar surface area (TPSA) is 18.5 Å². The zero-order valence-electron chi connectivity index (χ0n) is 13.8. The van der Waals surface area contributed by atoms with Crippen LogP contribution in [0.3, 0.4) is 0 Å². The molecule has 3 heteroatoms. The first kappa shape index (κ1) is 14.8. The van der Waals surface area contributed by atoms with E-state index in [1.165, 1.54) is 41.0 Å². The van der Waals surface area contributed by atoms with E-state index in [0.29, 0.717) is 0 Å². The lowest BCUT2D eigenvalue weighted by atomic mass is 10.0. The Hall–Kier alpha value is -2.16. The number of aryl methyl sites for hydroxylation is 1. The Morgan fingerprint density at radius 3 is 2.59 bits per heavy atom. The van der Waals surface area contributed by atoms with Crippen LogP contribution in [0.4, 0.5) is 17.1 Å². The fraction of sp³-hybridized carbons (Fsp3) is 0.368. The van der Waals surface area contributed by atoms with Gasteiger partial charge in [0.25, 0.3) is 0 Å². The molecule has 22 heavy (non-hydrogen) atoms. The highest BCUT2D eigenvalue weighted by molar-refractivity contribution is 5.62. The monoisotopic (exact) mass is 295 g/mol. The van der Waals surface area contributed by atoms with E-state index in [0.717, 1.165) is 13.1 Å². The Bertz CT molecular complexity index is 632. The summed E-state index contributed by atoms with van der Waals surface area (Å²) in [6.07, 6.45) is 2.44. The van der Waals surface area contributed by atoms with Crippen molar-refractivity contribution in [3.8, 4) is 0 Å². The van der Waals surface area contributed by atoms with Crippen LogP contribution in [0.5, 0.6) is 0 Å². The second-order valence-electron chi connectivity index (χ2n) is 6.28. The van der Waals surface area contributed by atoms with Gasteiger partial charge in [0.05, 0.1) is 0 Å². The lowest BCUT2D eigenvalue weighted by Gasteiger charge is -2.28. The van der Waals surface area contributed by atoms with Gasteiger partial charge in [0.15, 0.2) is 0 Å². The second kappa shape index (κ2) is 6.30. The summed E-state index contributed by atoms with van der Waals surface area (Å²) in [5, 5.41) is 3.54. The minimum Gasteiger partial charge on any atom is -0.381 e. The molecule has 0 atom stereocenters. The average molecular weight is 295 g/mol. The molecule has 0 aromatic heterocycles. The normalized spacial score (nSPS) is 13.7. The minimum absolute atomic E-state index is 0.863. The highest BCUT2D eigenvalue weighted by Gasteiger charge is 2.13. The molecule has 0 aliphatic carbocycles. The van der Waals surface area contributed by atoms with Crippen LogP contribution in [0.25, 0.3) is 0 Å². The summed E-state index contributed by atoms with van der Waals surface area (Å²) < 4.78 is 0. The van der Waals surface area contributed by atoms with E-state index in [1.807, 2.05) is 0 Å². The van der Waals surface area contributed by atoms with Crippen molar-refractivity contribution in [2.75, 3.05) is 42.8 Å². The van der Waals surface area contributed by atoms with Crippen LogP contribution in [0.2, 0.25) is 0 Å². The molecule has 2 aromatic carbocycles. The van der Waals surface area contributed by atoms with E-state index >= 15 is 0 Å². The van der Waals surface area contributed by atoms with Gasteiger partial charge < -0.3 is 15.1 Å². The van der Waals surface area contributed by atoms with Gasteiger partial charge in [0.2, 0.25) is 0 Å². The van der Waals surface area contributed by atoms with Gasteiger partial charge in [-0.25, -0.2) is 0 Å². The summed E-state index contributed by atoms with van der Waals surface area (Å²) in [6.45, 7) is 2.03. The molecule has 0 amide bonds. The molecule has 0 fully saturated rings. The predicted octanol–water partition coefficient (Wildman–Crippen LogP) is 3.75. The van der Waals surface area contributed by atoms with Crippen LogP contribution >= 0.6 is 0 Å². The van der Waals surface area contributed by atoms with E-state index in [2.05, 4.69) is 78.7 Å². The number of benzene rings is 2. The highest BCUT2D eigenvalue weighted by Crippen LogP contribution is 2.28. The first-order chi connectivity index (χ1) is 10.6. The van der Waals surface area contributed by atoms with Crippen molar-refractivity contribution in [1.82, 2.24) is 0 Å². The third-order valence-electron chi connectivity index (χ3n) is 4.38. The van der Waals surface area contributed by atoms with Gasteiger partial charge in [-0.05, 0) is 54.3 Å². The molecular formula is C19H25N3. The minimum atomic E-state index is 0.863. The third-order valence-corrected chi connectivity index (χ3v) is 4.38. The Labute approximate surface area is 133 Å². The van der Waals surface area contributed by atoms with E-state index < -0.39 is 0 Å². The van der Waals surface area contributed by atoms with E-state index in [4.69, 9.17) is 0 Å². The van der Waals surface area contributed by atoms with Crippen LogP contribution in [0.15, 0.2) is 42.5 Å². The molecule has 116 valence electrons. The van der Waals surface area contributed by atoms with Gasteiger partial charge in [-0.3, -0.25) is 0 Å². The van der Waals surface area contributed by atoms with Crippen molar-refractivity contribution in [3.63, 3.8) is 0 Å². The molecule has 3 rings (SSSR count). The van der Waals surface area contributed by atoms with Gasteiger partial charge in [-0.2, -0.15) is 0 Å². The van der Waals surface area contributed by atoms with Gasteiger partial charge in [0, 0.05) is 51.3 Å². The number of fused-ring (bicyclic) bond motifs is 1. The zero-order valence-corrected chi connectivity index (χ0v) is 13.8. The number of hydrogen-bond donors (Lipinski definition) is 1. The van der Waals surface area contributed by atoms with Crippen LogP contribution < -0.4 is 15.1 Å². The van der Waals surface area contributed by atoms with Crippen molar-refractivity contribution >= 4 is 17.1 Å². The molecule has 1 aliphatic heterocycles. The van der Waals surface area contributed by atoms with Gasteiger partial charge >= 0.3 is 0 Å². The number of hydrogen-bond acceptors (Lipinski definition) is 3. The molecule has 0 saturated carbocycles. The van der Waals surface area contributed by atoms with E-state index in [-0.39, 0.29) is 0 Å². The largest absolute Gasteiger partial charge is 0.381 e. The first-order valence-corrected chi connectivity index (χ1v) is 7.98. The molecule has 3 nitrogen and oxygen atoms in total. The van der Waals surface area contributed by atoms with E-state index in [1.54, 1.807) is 0 Å². The maximum Gasteiger partial charge on any atom is 0.0400 e. The van der Waals surface area contributed by atoms with Crippen LogP contribution in [-0.2, 0) is 13.0 Å². The smallest absolute Gasteiger partial charge is 0.0400 e. The second-order valence-corrected chi connectivity index (χ2v) is 6.28. The van der Waals surface area contributed by atoms with Gasteiger partial charge in [-0.15, -0.1) is 0 Å². The molecule has 0 unspecified atom stereocenters. The van der Waals surface area contributed by atoms with E-state index in [9.17, 15) is 0 Å². The standard InChI is InChI=1S/C19H25N3/c1-21(2)18-9-6-15(7-10-18)14-20-17-8-11-19-16(13-17)5-4-12-22(19)3/h6-11,13,20H,4-5,12,14H2,1-3H3. The van der Waals surface area contributed by atoms with Crippen LogP contribution in [0.1, 0.15) is 17.5 Å². The molecule has 2 aromatic rings. The van der Waals surface area contributed by atoms with Crippen LogP contribution in [0, 0.1) is 0 Å². The molecule has 0 bridgehead atoms. The fourth-order valence-electron chi connectivity index (χ4n) is 3.01. The maximum atomic E-state index is 3.54. The van der Waals surface area contributed by atoms with Crippen molar-refractivity contribution < 1.29 is 0 Å². The Kier molecular flexibility index (Phi) is 4.23. The Morgan fingerprint density at radius 1 is 1.09 bits per heavy atom. The summed E-state index contributed by atoms with van der Waals surface area (Å²) in [7, 11) is 6.31. The molecule has 1 aliphatic rings. The molecular weight excluding hydrogens is 270 g/mol. The van der Waals surface area contributed by atoms with Gasteiger partial charge in [-0.1, -0.05) is 12.1 Å². The number of nitrogens with one attached hydrogen (secondary N) is 1. The summed E-state index contributed by atoms with van der Waals surface area (Å²) in [4.78, 5) is 4.47. The first-order valence-electron chi connectivity index (χ1n) is 7.98. The van der Waals surface area contributed by atoms with Crippen molar-refractivity contribution in [1.29, 1.82) is 0 Å². The molecule has 0 saturated heterocycles. The summed E-state index contributed by atoms with van der Waals surface area (Å²) in [6, 6.07) is 15.4. The van der Waals surface area contributed by atoms with Crippen molar-refractivity contribution in [2.45, 2.75) is 19.4 Å². The lowest BCUT2D eigenvalue weighted by Crippen LogP contribution is -2.24. The van der Waals surface area contributed by atoms with Gasteiger partial charge in [0.1, 0.15) is 0 Å². The third kappa shape index (κ3) is 3.19. The summed E-state index contributed by atoms with van der Waals surface area (Å²) in [5.74, 6) is 0. The molecule has 1 N–H and O–H groups in total. The lowest BCUT2D eigenvalue weighted by molar-refractivity contribution is 0.744. The average Bonchev–Trinajstić information content (AvgIpc) is 2.53. The number of rotatable bonds is 4. The predicted molar refractivity (Wildman–Crippen MR) is 96.1 cm³/mol. The molecule has 1 heterocycles.